The molecule has 0 aliphatic rings. The molecule has 1 unspecified atom stereocenters. The van der Waals surface area contributed by atoms with Crippen LogP contribution in [-0.2, 0) is 0 Å². The zero-order valence-electron chi connectivity index (χ0n) is 13.2. The molecular formula is C17H21ClN2O3. The highest BCUT2D eigenvalue weighted by molar-refractivity contribution is 6.29. The summed E-state index contributed by atoms with van der Waals surface area (Å²) in [7, 11) is 0. The molecule has 124 valence electrons. The lowest BCUT2D eigenvalue weighted by atomic mass is 10.2. The highest BCUT2D eigenvalue weighted by Crippen LogP contribution is 2.21. The number of hydrogen-bond donors (Lipinski definition) is 2. The Morgan fingerprint density at radius 1 is 1.35 bits per heavy atom. The molecule has 0 bridgehead atoms. The summed E-state index contributed by atoms with van der Waals surface area (Å²) in [5.41, 5.74) is 0.879. The number of aliphatic hydroxyl groups excluding tert-OH is 1. The van der Waals surface area contributed by atoms with Crippen LogP contribution in [0, 0.1) is 0 Å². The Kier molecular flexibility index (Phi) is 6.65. The summed E-state index contributed by atoms with van der Waals surface area (Å²) in [6.45, 7) is 4.78. The molecule has 0 aliphatic heterocycles. The molecule has 2 rings (SSSR count). The molecule has 2 N–H and O–H groups in total. The van der Waals surface area contributed by atoms with Gasteiger partial charge in [-0.15, -0.1) is 0 Å². The van der Waals surface area contributed by atoms with Crippen LogP contribution in [0.3, 0.4) is 0 Å². The van der Waals surface area contributed by atoms with E-state index in [1.807, 2.05) is 44.2 Å². The van der Waals surface area contributed by atoms with Crippen molar-refractivity contribution in [1.29, 1.82) is 0 Å². The van der Waals surface area contributed by atoms with Crippen molar-refractivity contribution < 1.29 is 14.4 Å². The normalized spacial score (nSPS) is 12.9. The minimum atomic E-state index is -0.567. The number of rotatable bonds is 8. The number of aromatic nitrogens is 1. The first-order chi connectivity index (χ1) is 11.0. The van der Waals surface area contributed by atoms with Gasteiger partial charge in [-0.1, -0.05) is 48.8 Å². The second-order valence-electron chi connectivity index (χ2n) is 5.45. The molecule has 1 atom stereocenters. The van der Waals surface area contributed by atoms with Crippen molar-refractivity contribution in [2.75, 3.05) is 13.2 Å². The first kappa shape index (κ1) is 17.5. The highest BCUT2D eigenvalue weighted by atomic mass is 35.5. The monoisotopic (exact) mass is 336 g/mol. The molecule has 0 aliphatic carbocycles. The average molecular weight is 337 g/mol. The first-order valence-electron chi connectivity index (χ1n) is 7.48. The van der Waals surface area contributed by atoms with E-state index in [2.05, 4.69) is 10.5 Å². The van der Waals surface area contributed by atoms with Crippen LogP contribution in [0.5, 0.6) is 5.75 Å². The zero-order valence-corrected chi connectivity index (χ0v) is 14.0. The van der Waals surface area contributed by atoms with Gasteiger partial charge in [0.2, 0.25) is 0 Å². The topological polar surface area (TPSA) is 67.5 Å². The summed E-state index contributed by atoms with van der Waals surface area (Å²) >= 11 is 5.71. The second kappa shape index (κ2) is 8.72. The van der Waals surface area contributed by atoms with Gasteiger partial charge in [0.15, 0.2) is 10.9 Å². The summed E-state index contributed by atoms with van der Waals surface area (Å²) < 4.78 is 10.7. The van der Waals surface area contributed by atoms with E-state index in [1.165, 1.54) is 0 Å². The van der Waals surface area contributed by atoms with Gasteiger partial charge in [-0.2, -0.15) is 0 Å². The van der Waals surface area contributed by atoms with Crippen molar-refractivity contribution in [3.05, 3.63) is 46.8 Å². The van der Waals surface area contributed by atoms with Crippen LogP contribution in [0.2, 0.25) is 5.15 Å². The van der Waals surface area contributed by atoms with Gasteiger partial charge >= 0.3 is 0 Å². The molecule has 23 heavy (non-hydrogen) atoms. The third-order valence-corrected chi connectivity index (χ3v) is 3.22. The van der Waals surface area contributed by atoms with E-state index >= 15 is 0 Å². The Morgan fingerprint density at radius 2 is 2.13 bits per heavy atom. The predicted octanol–water partition coefficient (Wildman–Crippen LogP) is 3.24. The summed E-state index contributed by atoms with van der Waals surface area (Å²) in [6.07, 6.45) is 3.05. The first-order valence-corrected chi connectivity index (χ1v) is 7.86. The SMILES string of the molecule is CC(C)NCC(O)COc1ccccc1C=Cc1cc(Cl)no1. The molecular weight excluding hydrogens is 316 g/mol. The Hall–Kier alpha value is -1.82. The molecule has 0 saturated carbocycles. The fourth-order valence-corrected chi connectivity index (χ4v) is 2.03. The second-order valence-corrected chi connectivity index (χ2v) is 5.84. The lowest BCUT2D eigenvalue weighted by Crippen LogP contribution is -2.35. The van der Waals surface area contributed by atoms with Crippen LogP contribution in [0.4, 0.5) is 0 Å². The minimum absolute atomic E-state index is 0.221. The van der Waals surface area contributed by atoms with Crippen molar-refractivity contribution >= 4 is 23.8 Å². The maximum absolute atomic E-state index is 9.92. The Bertz CT molecular complexity index is 640. The number of nitrogens with zero attached hydrogens (tertiary/aromatic N) is 1. The summed E-state index contributed by atoms with van der Waals surface area (Å²) in [5.74, 6) is 1.25. The van der Waals surface area contributed by atoms with E-state index in [9.17, 15) is 5.11 Å². The number of nitrogens with one attached hydrogen (secondary N) is 1. The van der Waals surface area contributed by atoms with Gasteiger partial charge in [-0.25, -0.2) is 0 Å². The van der Waals surface area contributed by atoms with E-state index in [4.69, 9.17) is 20.9 Å². The van der Waals surface area contributed by atoms with Crippen LogP contribution < -0.4 is 10.1 Å². The maximum Gasteiger partial charge on any atom is 0.172 e. The van der Waals surface area contributed by atoms with E-state index in [1.54, 1.807) is 12.1 Å². The summed E-state index contributed by atoms with van der Waals surface area (Å²) in [6, 6.07) is 9.53. The fraction of sp³-hybridized carbons (Fsp3) is 0.353. The predicted molar refractivity (Wildman–Crippen MR) is 91.5 cm³/mol. The number of benzene rings is 1. The molecule has 2 aromatic rings. The van der Waals surface area contributed by atoms with Gasteiger partial charge in [0, 0.05) is 24.2 Å². The number of aliphatic hydroxyl groups is 1. The average Bonchev–Trinajstić information content (AvgIpc) is 2.95. The summed E-state index contributed by atoms with van der Waals surface area (Å²) in [5, 5.41) is 17.0. The fourth-order valence-electron chi connectivity index (χ4n) is 1.88. The van der Waals surface area contributed by atoms with Gasteiger partial charge in [0.1, 0.15) is 18.5 Å². The largest absolute Gasteiger partial charge is 0.490 e. The van der Waals surface area contributed by atoms with Crippen LogP contribution in [0.15, 0.2) is 34.9 Å². The highest BCUT2D eigenvalue weighted by Gasteiger charge is 2.07. The Labute approximate surface area is 140 Å². The third-order valence-electron chi connectivity index (χ3n) is 3.04. The van der Waals surface area contributed by atoms with E-state index in [0.717, 1.165) is 5.56 Å². The molecule has 1 heterocycles. The van der Waals surface area contributed by atoms with Crippen LogP contribution >= 0.6 is 11.6 Å². The van der Waals surface area contributed by atoms with Gasteiger partial charge in [-0.05, 0) is 18.2 Å². The molecule has 1 aromatic heterocycles. The molecule has 0 fully saturated rings. The molecule has 6 heteroatoms. The quantitative estimate of drug-likeness (QED) is 0.774. The van der Waals surface area contributed by atoms with Gasteiger partial charge in [0.25, 0.3) is 0 Å². The van der Waals surface area contributed by atoms with Gasteiger partial charge < -0.3 is 19.7 Å². The van der Waals surface area contributed by atoms with E-state index < -0.39 is 6.10 Å². The summed E-state index contributed by atoms with van der Waals surface area (Å²) in [4.78, 5) is 0. The van der Waals surface area contributed by atoms with Crippen molar-refractivity contribution in [1.82, 2.24) is 10.5 Å². The Balaban J connectivity index is 1.96. The van der Waals surface area contributed by atoms with Crippen molar-refractivity contribution in [2.45, 2.75) is 26.0 Å². The third kappa shape index (κ3) is 6.06. The Morgan fingerprint density at radius 3 is 2.83 bits per heavy atom. The molecule has 0 spiro atoms. The molecule has 0 amide bonds. The lowest BCUT2D eigenvalue weighted by Gasteiger charge is -2.16. The van der Waals surface area contributed by atoms with Crippen LogP contribution in [-0.4, -0.2) is 35.6 Å². The molecule has 5 nitrogen and oxygen atoms in total. The molecule has 0 radical (unpaired) electrons. The van der Waals surface area contributed by atoms with Gasteiger partial charge in [-0.3, -0.25) is 0 Å². The maximum atomic E-state index is 9.92. The number of hydrogen-bond acceptors (Lipinski definition) is 5. The van der Waals surface area contributed by atoms with Crippen molar-refractivity contribution in [3.8, 4) is 5.75 Å². The van der Waals surface area contributed by atoms with Crippen LogP contribution in [0.25, 0.3) is 12.2 Å². The van der Waals surface area contributed by atoms with E-state index in [-0.39, 0.29) is 6.61 Å². The standard InChI is InChI=1S/C17H21ClN2O3/c1-12(2)19-10-14(21)11-22-16-6-4-3-5-13(16)7-8-15-9-17(18)20-23-15/h3-9,12,14,19,21H,10-11H2,1-2H3. The lowest BCUT2D eigenvalue weighted by molar-refractivity contribution is 0.104. The molecule has 1 aromatic carbocycles. The van der Waals surface area contributed by atoms with Crippen molar-refractivity contribution in [3.63, 3.8) is 0 Å². The van der Waals surface area contributed by atoms with Gasteiger partial charge in [0.05, 0.1) is 0 Å². The number of ether oxygens (including phenoxy) is 1. The van der Waals surface area contributed by atoms with Crippen LogP contribution in [0.1, 0.15) is 25.2 Å². The number of para-hydroxylation sites is 1. The minimum Gasteiger partial charge on any atom is -0.490 e. The van der Waals surface area contributed by atoms with E-state index in [0.29, 0.717) is 29.2 Å². The van der Waals surface area contributed by atoms with Crippen molar-refractivity contribution in [2.24, 2.45) is 0 Å². The zero-order chi connectivity index (χ0) is 16.7. The number of halogens is 1. The smallest absolute Gasteiger partial charge is 0.172 e. The molecule has 0 saturated heterocycles.